The monoisotopic (exact) mass is 226 g/mol. The first-order valence-corrected chi connectivity index (χ1v) is 6.52. The van der Waals surface area contributed by atoms with Crippen molar-refractivity contribution in [1.29, 1.82) is 0 Å². The van der Waals surface area contributed by atoms with E-state index in [1.165, 1.54) is 6.42 Å². The Morgan fingerprint density at radius 2 is 1.75 bits per heavy atom. The van der Waals surface area contributed by atoms with Crippen LogP contribution in [0.15, 0.2) is 0 Å². The molecular weight excluding hydrogens is 200 g/mol. The van der Waals surface area contributed by atoms with Crippen molar-refractivity contribution in [1.82, 2.24) is 0 Å². The van der Waals surface area contributed by atoms with Crippen LogP contribution in [0.2, 0.25) is 0 Å². The van der Waals surface area contributed by atoms with E-state index in [2.05, 4.69) is 13.8 Å². The number of Topliss-reactive ketones (excluding diaryl/α,β-unsaturated/α-hetero) is 1. The second-order valence-electron chi connectivity index (χ2n) is 5.77. The Kier molecular flexibility index (Phi) is 4.54. The normalized spacial score (nSPS) is 34.4. The summed E-state index contributed by atoms with van der Waals surface area (Å²) in [5.41, 5.74) is -0.568. The van der Waals surface area contributed by atoms with Crippen LogP contribution in [-0.4, -0.2) is 18.5 Å². The van der Waals surface area contributed by atoms with Gasteiger partial charge in [-0.3, -0.25) is 4.79 Å². The van der Waals surface area contributed by atoms with E-state index in [0.29, 0.717) is 17.6 Å². The van der Waals surface area contributed by atoms with Gasteiger partial charge < -0.3 is 4.74 Å². The van der Waals surface area contributed by atoms with Crippen LogP contribution in [0.5, 0.6) is 0 Å². The number of ether oxygens (including phenoxy) is 1. The minimum absolute atomic E-state index is 0.212. The molecule has 0 radical (unpaired) electrons. The van der Waals surface area contributed by atoms with E-state index in [1.807, 2.05) is 13.8 Å². The first kappa shape index (κ1) is 13.7. The first-order valence-electron chi connectivity index (χ1n) is 6.52. The van der Waals surface area contributed by atoms with Crippen LogP contribution in [-0.2, 0) is 9.53 Å². The molecule has 3 unspecified atom stereocenters. The highest BCUT2D eigenvalue weighted by Crippen LogP contribution is 2.36. The van der Waals surface area contributed by atoms with Gasteiger partial charge in [-0.25, -0.2) is 0 Å². The molecule has 1 saturated carbocycles. The van der Waals surface area contributed by atoms with Gasteiger partial charge in [-0.2, -0.15) is 0 Å². The Balaban J connectivity index is 2.73. The fraction of sp³-hybridized carbons (Fsp3) is 0.929. The zero-order valence-electron chi connectivity index (χ0n) is 11.4. The quantitative estimate of drug-likeness (QED) is 0.734. The molecule has 1 rings (SSSR count). The standard InChI is InChI=1S/C14H26O2/c1-6-14(4,16-5)13(15)12-8-10(2)7-11(3)9-12/h10-12H,6-9H2,1-5H3. The number of hydrogen-bond acceptors (Lipinski definition) is 2. The predicted octanol–water partition coefficient (Wildman–Crippen LogP) is 3.44. The van der Waals surface area contributed by atoms with Crippen LogP contribution in [0, 0.1) is 17.8 Å². The minimum Gasteiger partial charge on any atom is -0.371 e. The SMILES string of the molecule is CCC(C)(OC)C(=O)C1CC(C)CC(C)C1. The molecule has 0 aromatic rings. The highest BCUT2D eigenvalue weighted by molar-refractivity contribution is 5.89. The maximum absolute atomic E-state index is 12.4. The van der Waals surface area contributed by atoms with E-state index in [9.17, 15) is 4.79 Å². The van der Waals surface area contributed by atoms with Crippen molar-refractivity contribution in [2.75, 3.05) is 7.11 Å². The highest BCUT2D eigenvalue weighted by Gasteiger charge is 2.39. The molecule has 0 aliphatic heterocycles. The van der Waals surface area contributed by atoms with Gasteiger partial charge in [0.2, 0.25) is 0 Å². The van der Waals surface area contributed by atoms with Crippen LogP contribution in [0.4, 0.5) is 0 Å². The van der Waals surface area contributed by atoms with Crippen LogP contribution < -0.4 is 0 Å². The summed E-state index contributed by atoms with van der Waals surface area (Å²) < 4.78 is 5.42. The molecule has 2 heteroatoms. The Morgan fingerprint density at radius 3 is 2.12 bits per heavy atom. The summed E-state index contributed by atoms with van der Waals surface area (Å²) in [6.45, 7) is 8.47. The molecule has 16 heavy (non-hydrogen) atoms. The molecule has 3 atom stereocenters. The molecule has 1 fully saturated rings. The summed E-state index contributed by atoms with van der Waals surface area (Å²) in [6, 6.07) is 0. The summed E-state index contributed by atoms with van der Waals surface area (Å²) in [5, 5.41) is 0. The largest absolute Gasteiger partial charge is 0.371 e. The lowest BCUT2D eigenvalue weighted by Crippen LogP contribution is -2.43. The molecule has 94 valence electrons. The van der Waals surface area contributed by atoms with Crippen LogP contribution in [0.1, 0.15) is 53.4 Å². The van der Waals surface area contributed by atoms with Crippen LogP contribution in [0.3, 0.4) is 0 Å². The Bertz CT molecular complexity index is 233. The molecular formula is C14H26O2. The van der Waals surface area contributed by atoms with Crippen molar-refractivity contribution in [3.05, 3.63) is 0 Å². The smallest absolute Gasteiger partial charge is 0.167 e. The van der Waals surface area contributed by atoms with E-state index < -0.39 is 5.60 Å². The second-order valence-corrected chi connectivity index (χ2v) is 5.77. The second kappa shape index (κ2) is 5.31. The van der Waals surface area contributed by atoms with Gasteiger partial charge in [-0.05, 0) is 44.4 Å². The molecule has 1 aliphatic rings. The number of hydrogen-bond donors (Lipinski definition) is 0. The van der Waals surface area contributed by atoms with Gasteiger partial charge in [0.15, 0.2) is 5.78 Å². The minimum atomic E-state index is -0.568. The van der Waals surface area contributed by atoms with Gasteiger partial charge in [-0.15, -0.1) is 0 Å². The van der Waals surface area contributed by atoms with Crippen LogP contribution in [0.25, 0.3) is 0 Å². The summed E-state index contributed by atoms with van der Waals surface area (Å²) >= 11 is 0. The van der Waals surface area contributed by atoms with E-state index in [4.69, 9.17) is 4.74 Å². The molecule has 2 nitrogen and oxygen atoms in total. The molecule has 1 aliphatic carbocycles. The molecule has 0 bridgehead atoms. The molecule has 0 aromatic carbocycles. The van der Waals surface area contributed by atoms with Gasteiger partial charge in [0.05, 0.1) is 0 Å². The molecule has 0 aromatic heterocycles. The molecule has 0 heterocycles. The summed E-state index contributed by atoms with van der Waals surface area (Å²) in [4.78, 5) is 12.4. The Morgan fingerprint density at radius 1 is 1.25 bits per heavy atom. The zero-order chi connectivity index (χ0) is 12.3. The van der Waals surface area contributed by atoms with Gasteiger partial charge in [0, 0.05) is 13.0 Å². The number of ketones is 1. The van der Waals surface area contributed by atoms with Gasteiger partial charge in [0.25, 0.3) is 0 Å². The van der Waals surface area contributed by atoms with Gasteiger partial charge in [-0.1, -0.05) is 20.8 Å². The Hall–Kier alpha value is -0.370. The fourth-order valence-corrected chi connectivity index (χ4v) is 3.01. The third-order valence-electron chi connectivity index (χ3n) is 4.20. The molecule has 0 spiro atoms. The van der Waals surface area contributed by atoms with E-state index >= 15 is 0 Å². The third kappa shape index (κ3) is 2.85. The number of carbonyl (C=O) groups excluding carboxylic acids is 1. The Labute approximate surface area is 99.8 Å². The zero-order valence-corrected chi connectivity index (χ0v) is 11.4. The summed E-state index contributed by atoms with van der Waals surface area (Å²) in [5.74, 6) is 1.88. The van der Waals surface area contributed by atoms with Crippen molar-refractivity contribution in [3.63, 3.8) is 0 Å². The van der Waals surface area contributed by atoms with Crippen molar-refractivity contribution >= 4 is 5.78 Å². The highest BCUT2D eigenvalue weighted by atomic mass is 16.5. The lowest BCUT2D eigenvalue weighted by Gasteiger charge is -2.35. The predicted molar refractivity (Wildman–Crippen MR) is 66.4 cm³/mol. The topological polar surface area (TPSA) is 26.3 Å². The van der Waals surface area contributed by atoms with E-state index in [1.54, 1.807) is 7.11 Å². The lowest BCUT2D eigenvalue weighted by molar-refractivity contribution is -0.145. The molecule has 0 saturated heterocycles. The number of methoxy groups -OCH3 is 1. The van der Waals surface area contributed by atoms with E-state index in [0.717, 1.165) is 19.3 Å². The van der Waals surface area contributed by atoms with E-state index in [-0.39, 0.29) is 5.92 Å². The van der Waals surface area contributed by atoms with Crippen molar-refractivity contribution in [2.24, 2.45) is 17.8 Å². The van der Waals surface area contributed by atoms with Crippen molar-refractivity contribution < 1.29 is 9.53 Å². The van der Waals surface area contributed by atoms with Gasteiger partial charge in [0.1, 0.15) is 5.60 Å². The maximum atomic E-state index is 12.4. The lowest BCUT2D eigenvalue weighted by atomic mass is 9.72. The van der Waals surface area contributed by atoms with Crippen molar-refractivity contribution in [3.8, 4) is 0 Å². The van der Waals surface area contributed by atoms with Crippen molar-refractivity contribution in [2.45, 2.75) is 59.0 Å². The first-order chi connectivity index (χ1) is 7.42. The van der Waals surface area contributed by atoms with Crippen LogP contribution >= 0.6 is 0 Å². The van der Waals surface area contributed by atoms with Gasteiger partial charge >= 0.3 is 0 Å². The molecule has 0 amide bonds. The number of rotatable bonds is 4. The summed E-state index contributed by atoms with van der Waals surface area (Å²) in [6.07, 6.45) is 4.12. The maximum Gasteiger partial charge on any atom is 0.167 e. The number of carbonyl (C=O) groups is 1. The fourth-order valence-electron chi connectivity index (χ4n) is 3.01. The third-order valence-corrected chi connectivity index (χ3v) is 4.20. The summed E-state index contributed by atoms with van der Waals surface area (Å²) in [7, 11) is 1.65. The molecule has 0 N–H and O–H groups in total. The average molecular weight is 226 g/mol. The average Bonchev–Trinajstić information content (AvgIpc) is 2.25.